The fourth-order valence-corrected chi connectivity index (χ4v) is 5.00. The number of para-hydroxylation sites is 2. The van der Waals surface area contributed by atoms with Crippen LogP contribution in [0.5, 0.6) is 0 Å². The number of fused-ring (bicyclic) bond motifs is 2. The lowest BCUT2D eigenvalue weighted by molar-refractivity contribution is -0.118. The molecular formula is C27H24N4O2S. The highest BCUT2D eigenvalue weighted by Crippen LogP contribution is 2.34. The van der Waals surface area contributed by atoms with Gasteiger partial charge in [-0.15, -0.1) is 0 Å². The molecule has 0 aliphatic heterocycles. The Morgan fingerprint density at radius 3 is 2.32 bits per heavy atom. The van der Waals surface area contributed by atoms with Crippen LogP contribution in [0.2, 0.25) is 0 Å². The zero-order chi connectivity index (χ0) is 23.8. The van der Waals surface area contributed by atoms with Crippen molar-refractivity contribution in [2.75, 3.05) is 4.90 Å². The molecule has 0 fully saturated rings. The molecule has 7 heteroatoms. The molecule has 0 spiro atoms. The molecular weight excluding hydrogens is 444 g/mol. The number of rotatable bonds is 5. The first-order chi connectivity index (χ1) is 16.4. The van der Waals surface area contributed by atoms with E-state index in [1.807, 2.05) is 54.6 Å². The maximum absolute atomic E-state index is 13.8. The van der Waals surface area contributed by atoms with Crippen LogP contribution in [0.3, 0.4) is 0 Å². The average Bonchev–Trinajstić information content (AvgIpc) is 3.26. The minimum atomic E-state index is -0.251. The molecule has 0 bridgehead atoms. The van der Waals surface area contributed by atoms with Crippen molar-refractivity contribution in [1.29, 1.82) is 0 Å². The van der Waals surface area contributed by atoms with Gasteiger partial charge in [-0.1, -0.05) is 61.6 Å². The van der Waals surface area contributed by atoms with Crippen molar-refractivity contribution in [2.45, 2.75) is 33.2 Å². The van der Waals surface area contributed by atoms with Crippen LogP contribution in [-0.2, 0) is 11.3 Å². The van der Waals surface area contributed by atoms with Crippen LogP contribution in [0.1, 0.15) is 31.2 Å². The van der Waals surface area contributed by atoms with Gasteiger partial charge in [0.2, 0.25) is 0 Å². The molecule has 2 aromatic heterocycles. The highest BCUT2D eigenvalue weighted by molar-refractivity contribution is 7.22. The highest BCUT2D eigenvalue weighted by atomic mass is 32.1. The molecule has 0 unspecified atom stereocenters. The van der Waals surface area contributed by atoms with Gasteiger partial charge in [0.25, 0.3) is 11.5 Å². The van der Waals surface area contributed by atoms with Crippen LogP contribution in [0.25, 0.3) is 21.1 Å². The standard InChI is InChI=1S/C27H24N4O2S/c1-17(2)19-12-14-20(15-13-19)31(27-29-23-10-6-7-11-24(23)34-27)25(32)16-30-18(3)28-22-9-5-4-8-21(22)26(30)33/h4-15,17H,16H2,1-3H3. The van der Waals surface area contributed by atoms with Crippen LogP contribution < -0.4 is 10.5 Å². The largest absolute Gasteiger partial charge is 0.287 e. The Bertz CT molecular complexity index is 1530. The third-order valence-electron chi connectivity index (χ3n) is 5.89. The van der Waals surface area contributed by atoms with Crippen LogP contribution in [0.15, 0.2) is 77.6 Å². The van der Waals surface area contributed by atoms with E-state index in [1.54, 1.807) is 30.0 Å². The number of hydrogen-bond donors (Lipinski definition) is 0. The van der Waals surface area contributed by atoms with Gasteiger partial charge in [0.15, 0.2) is 5.13 Å². The van der Waals surface area contributed by atoms with E-state index < -0.39 is 0 Å². The molecule has 0 radical (unpaired) electrons. The van der Waals surface area contributed by atoms with Gasteiger partial charge in [-0.3, -0.25) is 19.1 Å². The third-order valence-corrected chi connectivity index (χ3v) is 6.91. The van der Waals surface area contributed by atoms with Crippen LogP contribution in [-0.4, -0.2) is 20.4 Å². The second kappa shape index (κ2) is 8.83. The number of amides is 1. The van der Waals surface area contributed by atoms with Crippen LogP contribution >= 0.6 is 11.3 Å². The molecule has 0 atom stereocenters. The molecule has 34 heavy (non-hydrogen) atoms. The minimum Gasteiger partial charge on any atom is -0.287 e. The van der Waals surface area contributed by atoms with E-state index in [2.05, 4.69) is 18.8 Å². The number of carbonyl (C=O) groups excluding carboxylic acids is 1. The molecule has 1 amide bonds. The summed E-state index contributed by atoms with van der Waals surface area (Å²) in [5.74, 6) is 0.626. The summed E-state index contributed by atoms with van der Waals surface area (Å²) in [6, 6.07) is 22.9. The number of benzene rings is 3. The fourth-order valence-electron chi connectivity index (χ4n) is 4.00. The molecule has 0 aliphatic carbocycles. The highest BCUT2D eigenvalue weighted by Gasteiger charge is 2.24. The molecule has 3 aromatic carbocycles. The molecule has 0 saturated carbocycles. The second-order valence-electron chi connectivity index (χ2n) is 8.51. The van der Waals surface area contributed by atoms with E-state index in [1.165, 1.54) is 21.5 Å². The number of aryl methyl sites for hydroxylation is 1. The number of nitrogens with zero attached hydrogens (tertiary/aromatic N) is 4. The summed E-state index contributed by atoms with van der Waals surface area (Å²) < 4.78 is 2.43. The summed E-state index contributed by atoms with van der Waals surface area (Å²) in [4.78, 5) is 37.8. The van der Waals surface area contributed by atoms with Gasteiger partial charge in [-0.2, -0.15) is 0 Å². The topological polar surface area (TPSA) is 68.1 Å². The molecule has 5 rings (SSSR count). The maximum Gasteiger partial charge on any atom is 0.261 e. The van der Waals surface area contributed by atoms with E-state index >= 15 is 0 Å². The second-order valence-corrected chi connectivity index (χ2v) is 9.52. The summed E-state index contributed by atoms with van der Waals surface area (Å²) in [6.45, 7) is 5.88. The summed E-state index contributed by atoms with van der Waals surface area (Å²) in [7, 11) is 0. The van der Waals surface area contributed by atoms with Crippen molar-refractivity contribution in [3.8, 4) is 0 Å². The van der Waals surface area contributed by atoms with E-state index in [9.17, 15) is 9.59 Å². The molecule has 0 N–H and O–H groups in total. The van der Waals surface area contributed by atoms with E-state index in [4.69, 9.17) is 4.98 Å². The Morgan fingerprint density at radius 2 is 1.62 bits per heavy atom. The van der Waals surface area contributed by atoms with Crippen molar-refractivity contribution in [1.82, 2.24) is 14.5 Å². The molecule has 6 nitrogen and oxygen atoms in total. The van der Waals surface area contributed by atoms with Gasteiger partial charge in [-0.25, -0.2) is 9.97 Å². The maximum atomic E-state index is 13.8. The normalized spacial score (nSPS) is 11.4. The number of hydrogen-bond acceptors (Lipinski definition) is 5. The number of aromatic nitrogens is 3. The summed E-state index contributed by atoms with van der Waals surface area (Å²) in [6.07, 6.45) is 0. The van der Waals surface area contributed by atoms with E-state index in [-0.39, 0.29) is 18.0 Å². The third kappa shape index (κ3) is 3.99. The van der Waals surface area contributed by atoms with Crippen molar-refractivity contribution in [3.05, 3.63) is 94.5 Å². The van der Waals surface area contributed by atoms with Crippen molar-refractivity contribution < 1.29 is 4.79 Å². The Hall–Kier alpha value is -3.84. The van der Waals surface area contributed by atoms with Gasteiger partial charge in [0.1, 0.15) is 12.4 Å². The SMILES string of the molecule is Cc1nc2ccccc2c(=O)n1CC(=O)N(c1ccc(C(C)C)cc1)c1nc2ccccc2s1. The molecule has 0 saturated heterocycles. The van der Waals surface area contributed by atoms with E-state index in [0.717, 1.165) is 10.2 Å². The van der Waals surface area contributed by atoms with Gasteiger partial charge >= 0.3 is 0 Å². The van der Waals surface area contributed by atoms with Gasteiger partial charge < -0.3 is 0 Å². The lowest BCUT2D eigenvalue weighted by Gasteiger charge is -2.22. The fraction of sp³-hybridized carbons (Fsp3) is 0.185. The summed E-state index contributed by atoms with van der Waals surface area (Å²) in [5, 5.41) is 1.07. The summed E-state index contributed by atoms with van der Waals surface area (Å²) >= 11 is 1.45. The molecule has 2 heterocycles. The van der Waals surface area contributed by atoms with Gasteiger partial charge in [-0.05, 0) is 54.8 Å². The number of carbonyl (C=O) groups is 1. The van der Waals surface area contributed by atoms with E-state index in [0.29, 0.717) is 33.5 Å². The zero-order valence-corrected chi connectivity index (χ0v) is 20.0. The number of anilines is 2. The predicted octanol–water partition coefficient (Wildman–Crippen LogP) is 5.80. The molecule has 0 aliphatic rings. The van der Waals surface area contributed by atoms with Crippen molar-refractivity contribution in [2.24, 2.45) is 0 Å². The lowest BCUT2D eigenvalue weighted by Crippen LogP contribution is -2.35. The Kier molecular flexibility index (Phi) is 5.71. The Labute approximate surface area is 201 Å². The Balaban J connectivity index is 1.59. The van der Waals surface area contributed by atoms with Gasteiger partial charge in [0, 0.05) is 0 Å². The zero-order valence-electron chi connectivity index (χ0n) is 19.2. The van der Waals surface area contributed by atoms with Crippen LogP contribution in [0.4, 0.5) is 10.8 Å². The first-order valence-corrected chi connectivity index (χ1v) is 12.0. The smallest absolute Gasteiger partial charge is 0.261 e. The van der Waals surface area contributed by atoms with Crippen LogP contribution in [0, 0.1) is 6.92 Å². The Morgan fingerprint density at radius 1 is 0.941 bits per heavy atom. The van der Waals surface area contributed by atoms with Crippen molar-refractivity contribution in [3.63, 3.8) is 0 Å². The quantitative estimate of drug-likeness (QED) is 0.327. The minimum absolute atomic E-state index is 0.135. The summed E-state index contributed by atoms with van der Waals surface area (Å²) in [5.41, 5.74) is 3.14. The lowest BCUT2D eigenvalue weighted by atomic mass is 10.0. The predicted molar refractivity (Wildman–Crippen MR) is 138 cm³/mol. The first-order valence-electron chi connectivity index (χ1n) is 11.2. The monoisotopic (exact) mass is 468 g/mol. The van der Waals surface area contributed by atoms with Crippen molar-refractivity contribution >= 4 is 49.2 Å². The molecule has 170 valence electrons. The average molecular weight is 469 g/mol. The first kappa shape index (κ1) is 22.0. The molecule has 5 aromatic rings. The van der Waals surface area contributed by atoms with Gasteiger partial charge in [0.05, 0.1) is 26.8 Å². The number of thiazole rings is 1.